The Labute approximate surface area is 118 Å². The number of H-pyrrole nitrogens is 1. The molecule has 3 N–H and O–H groups in total. The lowest BCUT2D eigenvalue weighted by atomic mass is 10.3. The highest BCUT2D eigenvalue weighted by Crippen LogP contribution is 2.15. The molecule has 0 aromatic carbocycles. The normalized spacial score (nSPS) is 11.9. The predicted octanol–water partition coefficient (Wildman–Crippen LogP) is -0.458. The molecular formula is C11H21N3O5S. The number of aryl methyl sites for hydroxylation is 1. The zero-order chi connectivity index (χ0) is 15.0. The summed E-state index contributed by atoms with van der Waals surface area (Å²) in [6.07, 6.45) is 0.542. The van der Waals surface area contributed by atoms with Gasteiger partial charge in [-0.15, -0.1) is 0 Å². The van der Waals surface area contributed by atoms with Crippen molar-refractivity contribution in [1.82, 2.24) is 14.9 Å². The van der Waals surface area contributed by atoms with Crippen molar-refractivity contribution in [2.45, 2.75) is 25.0 Å². The van der Waals surface area contributed by atoms with Crippen LogP contribution in [0.1, 0.15) is 17.7 Å². The summed E-state index contributed by atoms with van der Waals surface area (Å²) < 4.78 is 36.4. The van der Waals surface area contributed by atoms with Gasteiger partial charge in [0.1, 0.15) is 0 Å². The molecule has 8 nitrogen and oxygen atoms in total. The first-order valence-electron chi connectivity index (χ1n) is 6.24. The minimum absolute atomic E-state index is 0.155. The smallest absolute Gasteiger partial charge is 0.260 e. The van der Waals surface area contributed by atoms with Crippen LogP contribution in [0.2, 0.25) is 0 Å². The van der Waals surface area contributed by atoms with E-state index in [-0.39, 0.29) is 23.7 Å². The largest absolute Gasteiger partial charge is 0.392 e. The maximum atomic E-state index is 12.0. The molecule has 116 valence electrons. The van der Waals surface area contributed by atoms with Crippen molar-refractivity contribution in [1.29, 1.82) is 0 Å². The van der Waals surface area contributed by atoms with Crippen LogP contribution in [-0.2, 0) is 26.1 Å². The summed E-state index contributed by atoms with van der Waals surface area (Å²) in [4.78, 5) is 0. The van der Waals surface area contributed by atoms with Crippen molar-refractivity contribution in [3.05, 3.63) is 11.3 Å². The number of methoxy groups -OCH3 is 1. The Morgan fingerprint density at radius 1 is 1.35 bits per heavy atom. The number of aromatic nitrogens is 2. The van der Waals surface area contributed by atoms with Gasteiger partial charge in [-0.1, -0.05) is 0 Å². The van der Waals surface area contributed by atoms with Crippen LogP contribution in [0, 0.1) is 6.92 Å². The molecule has 0 amide bonds. The van der Waals surface area contributed by atoms with Gasteiger partial charge in [0.25, 0.3) is 10.0 Å². The van der Waals surface area contributed by atoms with Crippen molar-refractivity contribution >= 4 is 10.0 Å². The van der Waals surface area contributed by atoms with Gasteiger partial charge >= 0.3 is 0 Å². The van der Waals surface area contributed by atoms with Gasteiger partial charge in [0.05, 0.1) is 19.8 Å². The molecule has 9 heteroatoms. The van der Waals surface area contributed by atoms with E-state index in [1.807, 2.05) is 0 Å². The number of ether oxygens (including phenoxy) is 2. The molecule has 0 saturated heterocycles. The number of rotatable bonds is 10. The van der Waals surface area contributed by atoms with E-state index >= 15 is 0 Å². The lowest BCUT2D eigenvalue weighted by Crippen LogP contribution is -2.27. The number of nitrogens with one attached hydrogen (secondary N) is 2. The molecule has 20 heavy (non-hydrogen) atoms. The predicted molar refractivity (Wildman–Crippen MR) is 71.7 cm³/mol. The number of nitrogens with zero attached hydrogens (tertiary/aromatic N) is 1. The maximum absolute atomic E-state index is 12.0. The van der Waals surface area contributed by atoms with Gasteiger partial charge in [-0.2, -0.15) is 5.10 Å². The van der Waals surface area contributed by atoms with Crippen LogP contribution >= 0.6 is 0 Å². The SMILES string of the molecule is COCCOCCCNS(=O)(=O)c1n[nH]c(C)c1CO. The van der Waals surface area contributed by atoms with E-state index in [0.717, 1.165) is 0 Å². The molecule has 0 radical (unpaired) electrons. The topological polar surface area (TPSA) is 114 Å². The number of aliphatic hydroxyl groups is 1. The number of hydrogen-bond donors (Lipinski definition) is 3. The van der Waals surface area contributed by atoms with Gasteiger partial charge in [0.15, 0.2) is 5.03 Å². The first-order valence-corrected chi connectivity index (χ1v) is 7.72. The number of sulfonamides is 1. The number of aliphatic hydroxyl groups excluding tert-OH is 1. The molecule has 0 aliphatic rings. The van der Waals surface area contributed by atoms with Crippen molar-refractivity contribution in [2.24, 2.45) is 0 Å². The molecule has 0 atom stereocenters. The monoisotopic (exact) mass is 307 g/mol. The average molecular weight is 307 g/mol. The van der Waals surface area contributed by atoms with Gasteiger partial charge in [0.2, 0.25) is 0 Å². The van der Waals surface area contributed by atoms with Crippen molar-refractivity contribution in [3.8, 4) is 0 Å². The van der Waals surface area contributed by atoms with E-state index in [0.29, 0.717) is 31.9 Å². The first kappa shape index (κ1) is 17.1. The number of hydrogen-bond acceptors (Lipinski definition) is 6. The summed E-state index contributed by atoms with van der Waals surface area (Å²) in [7, 11) is -2.13. The summed E-state index contributed by atoms with van der Waals surface area (Å²) >= 11 is 0. The summed E-state index contributed by atoms with van der Waals surface area (Å²) in [5, 5.41) is 15.3. The Balaban J connectivity index is 2.42. The van der Waals surface area contributed by atoms with Crippen molar-refractivity contribution in [2.75, 3.05) is 33.5 Å². The Morgan fingerprint density at radius 2 is 2.10 bits per heavy atom. The highest BCUT2D eigenvalue weighted by atomic mass is 32.2. The molecule has 0 bridgehead atoms. The van der Waals surface area contributed by atoms with Crippen LogP contribution < -0.4 is 4.72 Å². The molecule has 1 heterocycles. The van der Waals surface area contributed by atoms with Gasteiger partial charge in [-0.05, 0) is 13.3 Å². The fourth-order valence-electron chi connectivity index (χ4n) is 1.53. The van der Waals surface area contributed by atoms with Crippen molar-refractivity contribution < 1.29 is 23.0 Å². The third-order valence-electron chi connectivity index (χ3n) is 2.64. The van der Waals surface area contributed by atoms with E-state index in [4.69, 9.17) is 14.6 Å². The zero-order valence-electron chi connectivity index (χ0n) is 11.7. The third-order valence-corrected chi connectivity index (χ3v) is 4.07. The summed E-state index contributed by atoms with van der Waals surface area (Å²) in [5.74, 6) is 0. The molecule has 0 unspecified atom stereocenters. The molecule has 0 fully saturated rings. The molecule has 1 rings (SSSR count). The second-order valence-electron chi connectivity index (χ2n) is 4.15. The van der Waals surface area contributed by atoms with E-state index in [1.165, 1.54) is 0 Å². The van der Waals surface area contributed by atoms with E-state index in [2.05, 4.69) is 14.9 Å². The summed E-state index contributed by atoms with van der Waals surface area (Å²) in [6, 6.07) is 0. The van der Waals surface area contributed by atoms with E-state index in [1.54, 1.807) is 14.0 Å². The lowest BCUT2D eigenvalue weighted by molar-refractivity contribution is 0.0699. The molecule has 1 aromatic heterocycles. The summed E-state index contributed by atoms with van der Waals surface area (Å²) in [5.41, 5.74) is 0.824. The molecule has 0 saturated carbocycles. The zero-order valence-corrected chi connectivity index (χ0v) is 12.5. The highest BCUT2D eigenvalue weighted by molar-refractivity contribution is 7.89. The second-order valence-corrected chi connectivity index (χ2v) is 5.83. The Kier molecular flexibility index (Phi) is 7.10. The second kappa shape index (κ2) is 8.32. The fraction of sp³-hybridized carbons (Fsp3) is 0.727. The Bertz CT molecular complexity index is 500. The minimum Gasteiger partial charge on any atom is -0.392 e. The molecular weight excluding hydrogens is 286 g/mol. The van der Waals surface area contributed by atoms with E-state index in [9.17, 15) is 8.42 Å². The van der Waals surface area contributed by atoms with Crippen LogP contribution in [0.3, 0.4) is 0 Å². The number of aromatic amines is 1. The third kappa shape index (κ3) is 4.84. The van der Waals surface area contributed by atoms with Crippen molar-refractivity contribution in [3.63, 3.8) is 0 Å². The quantitative estimate of drug-likeness (QED) is 0.504. The van der Waals surface area contributed by atoms with Crippen LogP contribution in [0.4, 0.5) is 0 Å². The molecule has 1 aromatic rings. The fourth-order valence-corrected chi connectivity index (χ4v) is 2.79. The minimum atomic E-state index is -3.71. The highest BCUT2D eigenvalue weighted by Gasteiger charge is 2.22. The molecule has 0 aliphatic heterocycles. The maximum Gasteiger partial charge on any atom is 0.260 e. The Morgan fingerprint density at radius 3 is 2.75 bits per heavy atom. The van der Waals surface area contributed by atoms with Crippen LogP contribution in [0.15, 0.2) is 5.03 Å². The van der Waals surface area contributed by atoms with Gasteiger partial charge < -0.3 is 14.6 Å². The molecule has 0 aliphatic carbocycles. The van der Waals surface area contributed by atoms with Crippen LogP contribution in [0.5, 0.6) is 0 Å². The van der Waals surface area contributed by atoms with E-state index < -0.39 is 10.0 Å². The first-order chi connectivity index (χ1) is 9.53. The van der Waals surface area contributed by atoms with Crippen LogP contribution in [0.25, 0.3) is 0 Å². The standard InChI is InChI=1S/C11H21N3O5S/c1-9-10(8-15)11(14-13-9)20(16,17)12-4-3-5-19-7-6-18-2/h12,15H,3-8H2,1-2H3,(H,13,14). The average Bonchev–Trinajstić information content (AvgIpc) is 2.79. The Hall–Kier alpha value is -1.00. The van der Waals surface area contributed by atoms with Gasteiger partial charge in [-0.25, -0.2) is 13.1 Å². The molecule has 0 spiro atoms. The van der Waals surface area contributed by atoms with Gasteiger partial charge in [-0.3, -0.25) is 5.10 Å². The summed E-state index contributed by atoms with van der Waals surface area (Å²) in [6.45, 7) is 2.96. The van der Waals surface area contributed by atoms with Gasteiger partial charge in [0, 0.05) is 31.5 Å². The van der Waals surface area contributed by atoms with Crippen LogP contribution in [-0.4, -0.2) is 57.2 Å². The lowest BCUT2D eigenvalue weighted by Gasteiger charge is -2.06.